The number of amides is 1. The summed E-state index contributed by atoms with van der Waals surface area (Å²) in [6, 6.07) is 6.25. The molecule has 146 valence electrons. The lowest BCUT2D eigenvalue weighted by Gasteiger charge is -2.37. The number of piperidine rings is 1. The Morgan fingerprint density at radius 2 is 2.15 bits per heavy atom. The summed E-state index contributed by atoms with van der Waals surface area (Å²) in [6.07, 6.45) is 4.96. The van der Waals surface area contributed by atoms with E-state index in [2.05, 4.69) is 50.0 Å². The van der Waals surface area contributed by atoms with Gasteiger partial charge in [-0.05, 0) is 76.1 Å². The van der Waals surface area contributed by atoms with E-state index in [0.717, 1.165) is 49.7 Å². The van der Waals surface area contributed by atoms with Gasteiger partial charge in [-0.15, -0.1) is 0 Å². The number of rotatable bonds is 8. The zero-order chi connectivity index (χ0) is 19.2. The number of aryl methyl sites for hydroxylation is 2. The zero-order valence-corrected chi connectivity index (χ0v) is 17.2. The Morgan fingerprint density at radius 1 is 1.38 bits per heavy atom. The molecule has 0 aliphatic carbocycles. The van der Waals surface area contributed by atoms with Crippen LogP contribution in [0.5, 0.6) is 5.75 Å². The average Bonchev–Trinajstić information content (AvgIpc) is 2.54. The fraction of sp³-hybridized carbons (Fsp3) is 0.682. The molecule has 0 aromatic heterocycles. The van der Waals surface area contributed by atoms with E-state index in [-0.39, 0.29) is 11.4 Å². The summed E-state index contributed by atoms with van der Waals surface area (Å²) in [6.45, 7) is 11.9. The van der Waals surface area contributed by atoms with Crippen LogP contribution in [0.1, 0.15) is 57.6 Å². The van der Waals surface area contributed by atoms with Gasteiger partial charge in [-0.25, -0.2) is 0 Å². The standard InChI is InChI=1S/C22H36N2O2/c1-17-8-7-13-24(15-17)16-22(3,4)23-21(25)10-6-9-19-11-12-20(26-5)18(2)14-19/h11-12,14,17H,6-10,13,15-16H2,1-5H3,(H,23,25). The molecule has 0 spiro atoms. The van der Waals surface area contributed by atoms with Crippen molar-refractivity contribution in [1.82, 2.24) is 10.2 Å². The van der Waals surface area contributed by atoms with Crippen LogP contribution in [0, 0.1) is 12.8 Å². The molecule has 0 radical (unpaired) electrons. The Bertz CT molecular complexity index is 598. The van der Waals surface area contributed by atoms with E-state index >= 15 is 0 Å². The largest absolute Gasteiger partial charge is 0.496 e. The van der Waals surface area contributed by atoms with E-state index in [1.54, 1.807) is 7.11 Å². The highest BCUT2D eigenvalue weighted by molar-refractivity contribution is 5.76. The van der Waals surface area contributed by atoms with Crippen molar-refractivity contribution < 1.29 is 9.53 Å². The van der Waals surface area contributed by atoms with Crippen LogP contribution >= 0.6 is 0 Å². The van der Waals surface area contributed by atoms with Crippen molar-refractivity contribution in [3.05, 3.63) is 29.3 Å². The predicted octanol–water partition coefficient (Wildman–Crippen LogP) is 3.95. The van der Waals surface area contributed by atoms with E-state index in [0.29, 0.717) is 6.42 Å². The lowest BCUT2D eigenvalue weighted by atomic mass is 9.97. The average molecular weight is 361 g/mol. The fourth-order valence-electron chi connectivity index (χ4n) is 4.02. The molecule has 4 nitrogen and oxygen atoms in total. The molecule has 1 aromatic carbocycles. The van der Waals surface area contributed by atoms with Crippen LogP contribution in [-0.2, 0) is 11.2 Å². The van der Waals surface area contributed by atoms with E-state index in [9.17, 15) is 4.79 Å². The van der Waals surface area contributed by atoms with Crippen molar-refractivity contribution in [1.29, 1.82) is 0 Å². The number of ether oxygens (including phenoxy) is 1. The van der Waals surface area contributed by atoms with Crippen molar-refractivity contribution in [3.8, 4) is 5.75 Å². The molecule has 1 unspecified atom stereocenters. The topological polar surface area (TPSA) is 41.6 Å². The van der Waals surface area contributed by atoms with Gasteiger partial charge in [0.05, 0.1) is 7.11 Å². The third kappa shape index (κ3) is 6.64. The molecule has 1 fully saturated rings. The van der Waals surface area contributed by atoms with Crippen LogP contribution in [0.15, 0.2) is 18.2 Å². The van der Waals surface area contributed by atoms with Crippen molar-refractivity contribution in [2.75, 3.05) is 26.7 Å². The number of benzene rings is 1. The lowest BCUT2D eigenvalue weighted by molar-refractivity contribution is -0.123. The zero-order valence-electron chi connectivity index (χ0n) is 17.2. The lowest BCUT2D eigenvalue weighted by Crippen LogP contribution is -2.53. The van der Waals surface area contributed by atoms with Gasteiger partial charge in [0.2, 0.25) is 5.91 Å². The van der Waals surface area contributed by atoms with E-state index < -0.39 is 0 Å². The second-order valence-electron chi connectivity index (χ2n) is 8.57. The molecule has 1 heterocycles. The molecule has 1 saturated heterocycles. The number of nitrogens with zero attached hydrogens (tertiary/aromatic N) is 1. The van der Waals surface area contributed by atoms with Gasteiger partial charge in [0.15, 0.2) is 0 Å². The van der Waals surface area contributed by atoms with E-state index in [1.165, 1.54) is 18.4 Å². The Morgan fingerprint density at radius 3 is 2.81 bits per heavy atom. The predicted molar refractivity (Wildman–Crippen MR) is 108 cm³/mol. The molecule has 1 atom stereocenters. The van der Waals surface area contributed by atoms with Gasteiger partial charge in [0, 0.05) is 25.0 Å². The summed E-state index contributed by atoms with van der Waals surface area (Å²) in [5.41, 5.74) is 2.23. The highest BCUT2D eigenvalue weighted by Gasteiger charge is 2.26. The van der Waals surface area contributed by atoms with E-state index in [1.807, 2.05) is 6.07 Å². The highest BCUT2D eigenvalue weighted by Crippen LogP contribution is 2.20. The SMILES string of the molecule is COc1ccc(CCCC(=O)NC(C)(C)CN2CCCC(C)C2)cc1C. The minimum atomic E-state index is -0.176. The number of methoxy groups -OCH3 is 1. The number of carbonyl (C=O) groups excluding carboxylic acids is 1. The van der Waals surface area contributed by atoms with Crippen molar-refractivity contribution in [2.24, 2.45) is 5.92 Å². The molecular weight excluding hydrogens is 324 g/mol. The maximum absolute atomic E-state index is 12.4. The summed E-state index contributed by atoms with van der Waals surface area (Å²) in [4.78, 5) is 14.9. The maximum Gasteiger partial charge on any atom is 0.220 e. The first-order chi connectivity index (χ1) is 12.3. The van der Waals surface area contributed by atoms with Crippen LogP contribution in [-0.4, -0.2) is 43.1 Å². The van der Waals surface area contributed by atoms with Gasteiger partial charge in [-0.2, -0.15) is 0 Å². The van der Waals surface area contributed by atoms with Crippen molar-refractivity contribution in [2.45, 2.75) is 65.3 Å². The van der Waals surface area contributed by atoms with E-state index in [4.69, 9.17) is 4.74 Å². The minimum absolute atomic E-state index is 0.158. The van der Waals surface area contributed by atoms with Crippen LogP contribution in [0.2, 0.25) is 0 Å². The number of hydrogen-bond donors (Lipinski definition) is 1. The van der Waals surface area contributed by atoms with Gasteiger partial charge < -0.3 is 15.0 Å². The first-order valence-electron chi connectivity index (χ1n) is 9.96. The third-order valence-corrected chi connectivity index (χ3v) is 5.17. The molecule has 0 saturated carbocycles. The van der Waals surface area contributed by atoms with Crippen LogP contribution in [0.3, 0.4) is 0 Å². The molecule has 4 heteroatoms. The molecule has 1 aliphatic rings. The molecule has 26 heavy (non-hydrogen) atoms. The molecule has 1 amide bonds. The second-order valence-corrected chi connectivity index (χ2v) is 8.57. The van der Waals surface area contributed by atoms with Crippen molar-refractivity contribution in [3.63, 3.8) is 0 Å². The first-order valence-corrected chi connectivity index (χ1v) is 9.96. The fourth-order valence-corrected chi connectivity index (χ4v) is 4.02. The Balaban J connectivity index is 1.74. The summed E-state index contributed by atoms with van der Waals surface area (Å²) in [5.74, 6) is 1.84. The second kappa shape index (κ2) is 9.40. The molecule has 1 N–H and O–H groups in total. The van der Waals surface area contributed by atoms with Crippen LogP contribution < -0.4 is 10.1 Å². The summed E-state index contributed by atoms with van der Waals surface area (Å²) >= 11 is 0. The maximum atomic E-state index is 12.4. The third-order valence-electron chi connectivity index (χ3n) is 5.17. The van der Waals surface area contributed by atoms with Gasteiger partial charge >= 0.3 is 0 Å². The highest BCUT2D eigenvalue weighted by atomic mass is 16.5. The molecule has 1 aromatic rings. The Hall–Kier alpha value is -1.55. The summed E-state index contributed by atoms with van der Waals surface area (Å²) in [7, 11) is 1.69. The van der Waals surface area contributed by atoms with Gasteiger partial charge in [-0.3, -0.25) is 4.79 Å². The quantitative estimate of drug-likeness (QED) is 0.763. The molecule has 1 aliphatic heterocycles. The molecule has 2 rings (SSSR count). The molecular formula is C22H36N2O2. The van der Waals surface area contributed by atoms with Gasteiger partial charge in [-0.1, -0.05) is 19.1 Å². The molecule has 0 bridgehead atoms. The minimum Gasteiger partial charge on any atom is -0.496 e. The van der Waals surface area contributed by atoms with Crippen molar-refractivity contribution >= 4 is 5.91 Å². The first kappa shape index (κ1) is 20.8. The smallest absolute Gasteiger partial charge is 0.220 e. The van der Waals surface area contributed by atoms with Crippen LogP contribution in [0.25, 0.3) is 0 Å². The number of hydrogen-bond acceptors (Lipinski definition) is 3. The van der Waals surface area contributed by atoms with Gasteiger partial charge in [0.25, 0.3) is 0 Å². The van der Waals surface area contributed by atoms with Gasteiger partial charge in [0.1, 0.15) is 5.75 Å². The number of carbonyl (C=O) groups is 1. The number of nitrogens with one attached hydrogen (secondary N) is 1. The monoisotopic (exact) mass is 360 g/mol. The van der Waals surface area contributed by atoms with Crippen LogP contribution in [0.4, 0.5) is 0 Å². The summed E-state index contributed by atoms with van der Waals surface area (Å²) < 4.78 is 5.30. The number of likely N-dealkylation sites (tertiary alicyclic amines) is 1. The normalized spacial score (nSPS) is 18.6. The summed E-state index contributed by atoms with van der Waals surface area (Å²) in [5, 5.41) is 3.23. The Kier molecular flexibility index (Phi) is 7.51. The Labute approximate surface area is 159 Å².